The summed E-state index contributed by atoms with van der Waals surface area (Å²) < 4.78 is 0. The summed E-state index contributed by atoms with van der Waals surface area (Å²) in [6.07, 6.45) is 4.46. The van der Waals surface area contributed by atoms with Crippen LogP contribution in [0.25, 0.3) is 0 Å². The smallest absolute Gasteiger partial charge is 0.229 e. The molecule has 5 heteroatoms. The minimum atomic E-state index is -0.0992. The van der Waals surface area contributed by atoms with Gasteiger partial charge in [-0.2, -0.15) is 5.26 Å². The maximum atomic E-state index is 12.5. The Bertz CT molecular complexity index is 877. The zero-order valence-corrected chi connectivity index (χ0v) is 17.6. The second kappa shape index (κ2) is 8.04. The van der Waals surface area contributed by atoms with E-state index in [1.807, 2.05) is 12.1 Å². The van der Waals surface area contributed by atoms with Crippen LogP contribution in [0.15, 0.2) is 24.3 Å². The molecule has 1 amide bonds. The van der Waals surface area contributed by atoms with Crippen LogP contribution in [0.5, 0.6) is 0 Å². The molecule has 0 aliphatic heterocycles. The van der Waals surface area contributed by atoms with E-state index in [1.165, 1.54) is 4.88 Å². The molecule has 3 rings (SSSR count). The molecular formula is C22H25ClN2OS. The Morgan fingerprint density at radius 2 is 2.07 bits per heavy atom. The molecule has 0 saturated heterocycles. The predicted molar refractivity (Wildman–Crippen MR) is 112 cm³/mol. The largest absolute Gasteiger partial charge is 0.316 e. The maximum Gasteiger partial charge on any atom is 0.229 e. The number of benzene rings is 1. The van der Waals surface area contributed by atoms with Crippen LogP contribution in [0.3, 0.4) is 0 Å². The van der Waals surface area contributed by atoms with E-state index in [-0.39, 0.29) is 12.3 Å². The third-order valence-electron chi connectivity index (χ3n) is 5.92. The van der Waals surface area contributed by atoms with Crippen LogP contribution in [-0.4, -0.2) is 5.91 Å². The molecule has 0 bridgehead atoms. The van der Waals surface area contributed by atoms with Crippen molar-refractivity contribution < 1.29 is 4.79 Å². The van der Waals surface area contributed by atoms with Crippen LogP contribution in [0.4, 0.5) is 5.00 Å². The van der Waals surface area contributed by atoms with E-state index in [0.29, 0.717) is 26.9 Å². The number of rotatable bonds is 5. The third kappa shape index (κ3) is 4.36. The third-order valence-corrected chi connectivity index (χ3v) is 7.35. The number of nitrogens with zero attached hydrogens (tertiary/aromatic N) is 1. The highest BCUT2D eigenvalue weighted by molar-refractivity contribution is 7.16. The Hall–Kier alpha value is -1.83. The van der Waals surface area contributed by atoms with Gasteiger partial charge in [-0.1, -0.05) is 50.9 Å². The van der Waals surface area contributed by atoms with Crippen molar-refractivity contribution >= 4 is 33.8 Å². The van der Waals surface area contributed by atoms with Crippen molar-refractivity contribution in [3.63, 3.8) is 0 Å². The molecule has 27 heavy (non-hydrogen) atoms. The predicted octanol–water partition coefficient (Wildman–Crippen LogP) is 6.00. The van der Waals surface area contributed by atoms with Crippen LogP contribution in [0.2, 0.25) is 5.02 Å². The zero-order chi connectivity index (χ0) is 19.6. The number of hydrogen-bond donors (Lipinski definition) is 1. The first-order valence-corrected chi connectivity index (χ1v) is 10.6. The van der Waals surface area contributed by atoms with Crippen molar-refractivity contribution in [2.75, 3.05) is 5.32 Å². The average Bonchev–Trinajstić information content (AvgIpc) is 2.99. The molecule has 1 aliphatic carbocycles. The van der Waals surface area contributed by atoms with Crippen molar-refractivity contribution in [3.8, 4) is 6.07 Å². The number of anilines is 1. The second-order valence-corrected chi connectivity index (χ2v) is 9.49. The highest BCUT2D eigenvalue weighted by atomic mass is 35.5. The Balaban J connectivity index is 1.76. The van der Waals surface area contributed by atoms with Gasteiger partial charge in [0.1, 0.15) is 11.1 Å². The number of carbonyl (C=O) groups excluding carboxylic acids is 1. The van der Waals surface area contributed by atoms with Crippen LogP contribution in [0, 0.1) is 22.7 Å². The van der Waals surface area contributed by atoms with E-state index in [1.54, 1.807) is 23.5 Å². The van der Waals surface area contributed by atoms with E-state index < -0.39 is 0 Å². The first-order chi connectivity index (χ1) is 12.8. The fraction of sp³-hybridized carbons (Fsp3) is 0.455. The molecule has 1 heterocycles. The van der Waals surface area contributed by atoms with Gasteiger partial charge in [-0.3, -0.25) is 4.79 Å². The molecule has 1 aliphatic rings. The van der Waals surface area contributed by atoms with Crippen molar-refractivity contribution in [1.29, 1.82) is 5.26 Å². The van der Waals surface area contributed by atoms with Crippen LogP contribution >= 0.6 is 22.9 Å². The molecule has 2 aromatic rings. The second-order valence-electron chi connectivity index (χ2n) is 7.95. The topological polar surface area (TPSA) is 52.9 Å². The Morgan fingerprint density at radius 1 is 1.37 bits per heavy atom. The summed E-state index contributed by atoms with van der Waals surface area (Å²) in [5.41, 5.74) is 3.01. The molecule has 1 aromatic carbocycles. The summed E-state index contributed by atoms with van der Waals surface area (Å²) in [5, 5.41) is 14.0. The number of amides is 1. The van der Waals surface area contributed by atoms with Gasteiger partial charge in [-0.15, -0.1) is 11.3 Å². The number of nitriles is 1. The van der Waals surface area contributed by atoms with Crippen molar-refractivity contribution in [2.24, 2.45) is 11.3 Å². The Kier molecular flexibility index (Phi) is 5.93. The van der Waals surface area contributed by atoms with E-state index in [2.05, 4.69) is 32.2 Å². The van der Waals surface area contributed by atoms with Crippen molar-refractivity contribution in [3.05, 3.63) is 50.9 Å². The van der Waals surface area contributed by atoms with E-state index in [9.17, 15) is 10.1 Å². The lowest BCUT2D eigenvalue weighted by molar-refractivity contribution is -0.115. The molecule has 3 nitrogen and oxygen atoms in total. The summed E-state index contributed by atoms with van der Waals surface area (Å²) in [4.78, 5) is 13.7. The fourth-order valence-electron chi connectivity index (χ4n) is 3.71. The average molecular weight is 401 g/mol. The monoisotopic (exact) mass is 400 g/mol. The molecule has 1 atom stereocenters. The summed E-state index contributed by atoms with van der Waals surface area (Å²) in [5.74, 6) is 0.524. The van der Waals surface area contributed by atoms with Gasteiger partial charge in [-0.05, 0) is 53.9 Å². The standard InChI is InChI=1S/C22H25ClN2OS/c1-4-22(2,3)15-7-10-17-18(13-24)21(27-19(17)12-15)25-20(26)11-14-5-8-16(23)9-6-14/h5-6,8-9,15H,4,7,10-12H2,1-3H3,(H,25,26)/t15-/m0/s1. The number of carbonyl (C=O) groups is 1. The lowest BCUT2D eigenvalue weighted by Crippen LogP contribution is -2.28. The van der Waals surface area contributed by atoms with Crippen LogP contribution in [0.1, 0.15) is 55.2 Å². The van der Waals surface area contributed by atoms with Crippen molar-refractivity contribution in [2.45, 2.75) is 52.9 Å². The van der Waals surface area contributed by atoms with Crippen LogP contribution in [-0.2, 0) is 24.1 Å². The van der Waals surface area contributed by atoms with Gasteiger partial charge in [-0.25, -0.2) is 0 Å². The van der Waals surface area contributed by atoms with E-state index >= 15 is 0 Å². The number of nitrogens with one attached hydrogen (secondary N) is 1. The van der Waals surface area contributed by atoms with Gasteiger partial charge in [0.15, 0.2) is 0 Å². The molecule has 0 fully saturated rings. The van der Waals surface area contributed by atoms with Gasteiger partial charge >= 0.3 is 0 Å². The molecule has 1 N–H and O–H groups in total. The molecule has 0 unspecified atom stereocenters. The van der Waals surface area contributed by atoms with Crippen LogP contribution < -0.4 is 5.32 Å². The lowest BCUT2D eigenvalue weighted by Gasteiger charge is -2.36. The Labute approximate surface area is 170 Å². The number of halogens is 1. The number of thiophene rings is 1. The number of hydrogen-bond acceptors (Lipinski definition) is 3. The van der Waals surface area contributed by atoms with E-state index in [0.717, 1.165) is 36.8 Å². The molecular weight excluding hydrogens is 376 g/mol. The summed E-state index contributed by atoms with van der Waals surface area (Å²) in [7, 11) is 0. The molecule has 0 spiro atoms. The summed E-state index contributed by atoms with van der Waals surface area (Å²) in [6, 6.07) is 9.59. The SMILES string of the molecule is CCC(C)(C)[C@H]1CCc2c(sc(NC(=O)Cc3ccc(Cl)cc3)c2C#N)C1. The molecule has 142 valence electrons. The molecule has 1 aromatic heterocycles. The quantitative estimate of drug-likeness (QED) is 0.669. The molecule has 0 radical (unpaired) electrons. The zero-order valence-electron chi connectivity index (χ0n) is 16.1. The lowest BCUT2D eigenvalue weighted by atomic mass is 9.69. The van der Waals surface area contributed by atoms with Crippen molar-refractivity contribution in [1.82, 2.24) is 0 Å². The maximum absolute atomic E-state index is 12.5. The van der Waals surface area contributed by atoms with Gasteiger partial charge in [0.05, 0.1) is 12.0 Å². The highest BCUT2D eigenvalue weighted by Gasteiger charge is 2.34. The van der Waals surface area contributed by atoms with E-state index in [4.69, 9.17) is 11.6 Å². The summed E-state index contributed by atoms with van der Waals surface area (Å²) >= 11 is 7.48. The number of fused-ring (bicyclic) bond motifs is 1. The molecule has 0 saturated carbocycles. The van der Waals surface area contributed by atoms with Gasteiger partial charge in [0, 0.05) is 9.90 Å². The Morgan fingerprint density at radius 3 is 2.70 bits per heavy atom. The van der Waals surface area contributed by atoms with Gasteiger partial charge < -0.3 is 5.32 Å². The first kappa shape index (κ1) is 19.9. The minimum absolute atomic E-state index is 0.0992. The fourth-order valence-corrected chi connectivity index (χ4v) is 5.13. The minimum Gasteiger partial charge on any atom is -0.316 e. The van der Waals surface area contributed by atoms with Gasteiger partial charge in [0.25, 0.3) is 0 Å². The summed E-state index contributed by atoms with van der Waals surface area (Å²) in [6.45, 7) is 6.90. The highest BCUT2D eigenvalue weighted by Crippen LogP contribution is 2.45. The normalized spacial score (nSPS) is 16.5. The first-order valence-electron chi connectivity index (χ1n) is 9.43. The van der Waals surface area contributed by atoms with Gasteiger partial charge in [0.2, 0.25) is 5.91 Å².